The molecular formula is C17H27N5OS. The maximum absolute atomic E-state index is 5.48. The summed E-state index contributed by atoms with van der Waals surface area (Å²) < 4.78 is 7.30. The molecule has 2 aromatic rings. The number of rotatable bonds is 7. The Kier molecular flexibility index (Phi) is 5.99. The first kappa shape index (κ1) is 17.5. The number of aromatic nitrogens is 3. The molecule has 0 spiro atoms. The summed E-state index contributed by atoms with van der Waals surface area (Å²) in [7, 11) is 1.93. The Bertz CT molecular complexity index is 640. The van der Waals surface area contributed by atoms with Crippen molar-refractivity contribution in [2.75, 3.05) is 39.4 Å². The van der Waals surface area contributed by atoms with Gasteiger partial charge in [-0.05, 0) is 13.8 Å². The van der Waals surface area contributed by atoms with Crippen LogP contribution in [0, 0.1) is 0 Å². The lowest BCUT2D eigenvalue weighted by molar-refractivity contribution is 0.0463. The topological polar surface area (TPSA) is 46.4 Å². The van der Waals surface area contributed by atoms with Crippen molar-refractivity contribution in [1.29, 1.82) is 0 Å². The van der Waals surface area contributed by atoms with Crippen molar-refractivity contribution in [3.05, 3.63) is 23.5 Å². The van der Waals surface area contributed by atoms with Gasteiger partial charge in [-0.2, -0.15) is 5.10 Å². The molecule has 0 radical (unpaired) electrons. The molecule has 0 aromatic carbocycles. The molecule has 0 amide bonds. The second kappa shape index (κ2) is 8.20. The maximum Gasteiger partial charge on any atom is 0.126 e. The molecule has 24 heavy (non-hydrogen) atoms. The molecule has 3 heterocycles. The molecule has 1 atom stereocenters. The number of thiazole rings is 1. The molecule has 0 aliphatic carbocycles. The summed E-state index contributed by atoms with van der Waals surface area (Å²) in [5.41, 5.74) is 2.26. The summed E-state index contributed by atoms with van der Waals surface area (Å²) in [6, 6.07) is 0.565. The van der Waals surface area contributed by atoms with E-state index in [9.17, 15) is 0 Å². The van der Waals surface area contributed by atoms with E-state index in [-0.39, 0.29) is 0 Å². The van der Waals surface area contributed by atoms with E-state index in [0.29, 0.717) is 6.04 Å². The fraction of sp³-hybridized carbons (Fsp3) is 0.647. The van der Waals surface area contributed by atoms with Crippen molar-refractivity contribution >= 4 is 11.3 Å². The van der Waals surface area contributed by atoms with Crippen molar-refractivity contribution in [3.63, 3.8) is 0 Å². The minimum Gasteiger partial charge on any atom is -0.380 e. The summed E-state index contributed by atoms with van der Waals surface area (Å²) in [5.74, 6) is 0. The zero-order chi connectivity index (χ0) is 16.9. The van der Waals surface area contributed by atoms with Crippen LogP contribution in [0.25, 0.3) is 10.6 Å². The highest BCUT2D eigenvalue weighted by Gasteiger charge is 2.23. The Labute approximate surface area is 148 Å². The average molecular weight is 350 g/mol. The predicted molar refractivity (Wildman–Crippen MR) is 97.1 cm³/mol. The van der Waals surface area contributed by atoms with Crippen LogP contribution in [-0.2, 0) is 18.3 Å². The Balaban J connectivity index is 1.51. The Morgan fingerprint density at radius 2 is 2.25 bits per heavy atom. The van der Waals surface area contributed by atoms with Crippen LogP contribution in [0.1, 0.15) is 19.5 Å². The van der Waals surface area contributed by atoms with Gasteiger partial charge in [0.1, 0.15) is 5.01 Å². The third kappa shape index (κ3) is 4.42. The number of aryl methyl sites for hydroxylation is 1. The lowest BCUT2D eigenvalue weighted by Crippen LogP contribution is -2.52. The summed E-state index contributed by atoms with van der Waals surface area (Å²) in [5, 5.41) is 7.46. The second-order valence-electron chi connectivity index (χ2n) is 6.36. The van der Waals surface area contributed by atoms with E-state index in [2.05, 4.69) is 34.1 Å². The molecule has 2 aromatic heterocycles. The number of ether oxygens (including phenoxy) is 1. The van der Waals surface area contributed by atoms with Crippen LogP contribution in [-0.4, -0.2) is 70.0 Å². The SMILES string of the molecule is CCOCCN1CCN(Cc2csc(-c3cnn(C)c3)n2)C[C@@H]1C. The van der Waals surface area contributed by atoms with Crippen molar-refractivity contribution in [1.82, 2.24) is 24.6 Å². The highest BCUT2D eigenvalue weighted by Crippen LogP contribution is 2.24. The quantitative estimate of drug-likeness (QED) is 0.716. The summed E-state index contributed by atoms with van der Waals surface area (Å²) in [4.78, 5) is 9.81. The van der Waals surface area contributed by atoms with E-state index in [0.717, 1.165) is 62.2 Å². The molecular weight excluding hydrogens is 322 g/mol. The molecule has 0 unspecified atom stereocenters. The zero-order valence-electron chi connectivity index (χ0n) is 14.8. The largest absolute Gasteiger partial charge is 0.380 e. The van der Waals surface area contributed by atoms with Gasteiger partial charge in [-0.15, -0.1) is 11.3 Å². The van der Waals surface area contributed by atoms with Crippen LogP contribution in [0.2, 0.25) is 0 Å². The van der Waals surface area contributed by atoms with Gasteiger partial charge in [-0.1, -0.05) is 0 Å². The molecule has 7 heteroatoms. The van der Waals surface area contributed by atoms with E-state index in [1.54, 1.807) is 11.3 Å². The minimum atomic E-state index is 0.565. The second-order valence-corrected chi connectivity index (χ2v) is 7.22. The van der Waals surface area contributed by atoms with Crippen LogP contribution in [0.15, 0.2) is 17.8 Å². The van der Waals surface area contributed by atoms with Gasteiger partial charge in [0.25, 0.3) is 0 Å². The van der Waals surface area contributed by atoms with Gasteiger partial charge in [-0.25, -0.2) is 4.98 Å². The van der Waals surface area contributed by atoms with Crippen LogP contribution < -0.4 is 0 Å². The van der Waals surface area contributed by atoms with Gasteiger partial charge >= 0.3 is 0 Å². The number of hydrogen-bond donors (Lipinski definition) is 0. The number of nitrogens with zero attached hydrogens (tertiary/aromatic N) is 5. The standard InChI is InChI=1S/C17H27N5OS/c1-4-23-8-7-22-6-5-21(10-14(22)2)12-16-13-24-17(19-16)15-9-18-20(3)11-15/h9,11,13-14H,4-8,10,12H2,1-3H3/t14-/m0/s1. The lowest BCUT2D eigenvalue weighted by atomic mass is 10.2. The molecule has 1 saturated heterocycles. The Morgan fingerprint density at radius 3 is 2.96 bits per heavy atom. The zero-order valence-corrected chi connectivity index (χ0v) is 15.6. The first-order valence-corrected chi connectivity index (χ1v) is 9.51. The molecule has 3 rings (SSSR count). The molecule has 1 fully saturated rings. The van der Waals surface area contributed by atoms with Gasteiger partial charge in [0.15, 0.2) is 0 Å². The van der Waals surface area contributed by atoms with Crippen molar-refractivity contribution in [2.24, 2.45) is 7.05 Å². The monoisotopic (exact) mass is 349 g/mol. The fourth-order valence-electron chi connectivity index (χ4n) is 3.15. The molecule has 0 N–H and O–H groups in total. The van der Waals surface area contributed by atoms with E-state index < -0.39 is 0 Å². The number of hydrogen-bond acceptors (Lipinski definition) is 6. The third-order valence-electron chi connectivity index (χ3n) is 4.47. The predicted octanol–water partition coefficient (Wildman–Crippen LogP) is 2.09. The average Bonchev–Trinajstić information content (AvgIpc) is 3.18. The normalized spacial score (nSPS) is 19.9. The van der Waals surface area contributed by atoms with Gasteiger partial charge in [0.2, 0.25) is 0 Å². The van der Waals surface area contributed by atoms with E-state index in [4.69, 9.17) is 9.72 Å². The Morgan fingerprint density at radius 1 is 1.38 bits per heavy atom. The molecule has 0 bridgehead atoms. The molecule has 1 aliphatic rings. The summed E-state index contributed by atoms with van der Waals surface area (Å²) in [6.45, 7) is 11.2. The summed E-state index contributed by atoms with van der Waals surface area (Å²) >= 11 is 1.70. The molecule has 132 valence electrons. The van der Waals surface area contributed by atoms with Gasteiger partial charge in [0, 0.05) is 69.6 Å². The molecule has 1 aliphatic heterocycles. The van der Waals surface area contributed by atoms with E-state index in [1.807, 2.05) is 24.1 Å². The van der Waals surface area contributed by atoms with E-state index >= 15 is 0 Å². The molecule has 0 saturated carbocycles. The number of piperazine rings is 1. The van der Waals surface area contributed by atoms with Gasteiger partial charge in [0.05, 0.1) is 18.5 Å². The maximum atomic E-state index is 5.48. The van der Waals surface area contributed by atoms with Gasteiger partial charge < -0.3 is 4.74 Å². The van der Waals surface area contributed by atoms with E-state index in [1.165, 1.54) is 0 Å². The van der Waals surface area contributed by atoms with Crippen molar-refractivity contribution in [2.45, 2.75) is 26.4 Å². The fourth-order valence-corrected chi connectivity index (χ4v) is 3.93. The minimum absolute atomic E-state index is 0.565. The first-order valence-electron chi connectivity index (χ1n) is 8.63. The highest BCUT2D eigenvalue weighted by atomic mass is 32.1. The highest BCUT2D eigenvalue weighted by molar-refractivity contribution is 7.13. The van der Waals surface area contributed by atoms with Gasteiger partial charge in [-0.3, -0.25) is 14.5 Å². The van der Waals surface area contributed by atoms with Crippen LogP contribution in [0.3, 0.4) is 0 Å². The Hall–Kier alpha value is -1.28. The lowest BCUT2D eigenvalue weighted by Gasteiger charge is -2.39. The van der Waals surface area contributed by atoms with Crippen molar-refractivity contribution < 1.29 is 4.74 Å². The van der Waals surface area contributed by atoms with Crippen molar-refractivity contribution in [3.8, 4) is 10.6 Å². The molecule has 6 nitrogen and oxygen atoms in total. The third-order valence-corrected chi connectivity index (χ3v) is 5.41. The summed E-state index contributed by atoms with van der Waals surface area (Å²) in [6.07, 6.45) is 3.89. The van der Waals surface area contributed by atoms with Crippen LogP contribution >= 0.6 is 11.3 Å². The first-order chi connectivity index (χ1) is 11.7. The van der Waals surface area contributed by atoms with Crippen LogP contribution in [0.5, 0.6) is 0 Å². The smallest absolute Gasteiger partial charge is 0.126 e. The van der Waals surface area contributed by atoms with Crippen LogP contribution in [0.4, 0.5) is 0 Å².